The molecule has 0 spiro atoms. The van der Waals surface area contributed by atoms with E-state index in [1.54, 1.807) is 6.07 Å². The summed E-state index contributed by atoms with van der Waals surface area (Å²) in [6.07, 6.45) is 1.49. The third-order valence-electron chi connectivity index (χ3n) is 1.46. The summed E-state index contributed by atoms with van der Waals surface area (Å²) >= 11 is 1.40. The number of fused-ring (bicyclic) bond motifs is 1. The van der Waals surface area contributed by atoms with Gasteiger partial charge in [0.15, 0.2) is 5.51 Å². The number of benzene rings is 1. The normalized spacial score (nSPS) is 9.67. The molecule has 4 heteroatoms. The van der Waals surface area contributed by atoms with Crippen molar-refractivity contribution in [3.05, 3.63) is 23.7 Å². The van der Waals surface area contributed by atoms with Crippen LogP contribution < -0.4 is 0 Å². The summed E-state index contributed by atoms with van der Waals surface area (Å²) in [7, 11) is 0. The van der Waals surface area contributed by atoms with Crippen LogP contribution in [-0.2, 0) is 4.79 Å². The van der Waals surface area contributed by atoms with E-state index >= 15 is 0 Å². The van der Waals surface area contributed by atoms with Crippen LogP contribution in [0.5, 0.6) is 0 Å². The molecule has 0 aliphatic rings. The fourth-order valence-corrected chi connectivity index (χ4v) is 1.59. The van der Waals surface area contributed by atoms with Crippen molar-refractivity contribution < 1.29 is 4.79 Å². The van der Waals surface area contributed by atoms with E-state index in [1.165, 1.54) is 17.4 Å². The van der Waals surface area contributed by atoms with E-state index in [2.05, 4.69) is 15.5 Å². The van der Waals surface area contributed by atoms with Gasteiger partial charge in [-0.3, -0.25) is 0 Å². The van der Waals surface area contributed by atoms with Gasteiger partial charge >= 0.3 is 0 Å². The number of para-hydroxylation sites is 1. The van der Waals surface area contributed by atoms with Gasteiger partial charge in [-0.05, 0) is 12.1 Å². The summed E-state index contributed by atoms with van der Waals surface area (Å²) in [5, 5.41) is 0. The second-order valence-corrected chi connectivity index (χ2v) is 2.96. The first-order chi connectivity index (χ1) is 5.92. The Morgan fingerprint density at radius 2 is 2.50 bits per heavy atom. The molecule has 0 unspecified atom stereocenters. The van der Waals surface area contributed by atoms with Crippen molar-refractivity contribution in [3.8, 4) is 0 Å². The molecule has 1 radical (unpaired) electrons. The van der Waals surface area contributed by atoms with Crippen LogP contribution in [-0.4, -0.2) is 11.1 Å². The number of rotatable bonds is 1. The molecular formula is C8H3N2OS. The van der Waals surface area contributed by atoms with Crippen LogP contribution in [0.2, 0.25) is 0 Å². The van der Waals surface area contributed by atoms with Gasteiger partial charge in [0.05, 0.1) is 4.70 Å². The Morgan fingerprint density at radius 3 is 3.33 bits per heavy atom. The zero-order chi connectivity index (χ0) is 8.39. The molecule has 0 saturated carbocycles. The average Bonchev–Trinajstić information content (AvgIpc) is 2.53. The van der Waals surface area contributed by atoms with E-state index in [1.807, 2.05) is 12.1 Å². The number of aliphatic imine (C=N–C) groups is 1. The molecule has 2 aromatic rings. The Kier molecular flexibility index (Phi) is 1.70. The molecular weight excluding hydrogens is 172 g/mol. The summed E-state index contributed by atoms with van der Waals surface area (Å²) in [4.78, 5) is 17.5. The molecule has 3 nitrogen and oxygen atoms in total. The largest absolute Gasteiger partial charge is 0.240 e. The summed E-state index contributed by atoms with van der Waals surface area (Å²) in [6.45, 7) is 0. The van der Waals surface area contributed by atoms with Crippen molar-refractivity contribution in [1.82, 2.24) is 4.98 Å². The zero-order valence-electron chi connectivity index (χ0n) is 5.94. The lowest BCUT2D eigenvalue weighted by Crippen LogP contribution is -1.68. The van der Waals surface area contributed by atoms with Gasteiger partial charge in [0.2, 0.25) is 6.08 Å². The molecule has 0 bridgehead atoms. The molecule has 0 fully saturated rings. The molecule has 1 aromatic heterocycles. The maximum atomic E-state index is 10.0. The minimum absolute atomic E-state index is 0.556. The van der Waals surface area contributed by atoms with Gasteiger partial charge in [-0.1, -0.05) is 6.07 Å². The molecule has 2 rings (SSSR count). The van der Waals surface area contributed by atoms with Gasteiger partial charge in [-0.2, -0.15) is 4.99 Å². The summed E-state index contributed by atoms with van der Waals surface area (Å²) < 4.78 is 0.978. The van der Waals surface area contributed by atoms with Crippen LogP contribution in [0.3, 0.4) is 0 Å². The van der Waals surface area contributed by atoms with Crippen LogP contribution >= 0.6 is 11.3 Å². The second-order valence-electron chi connectivity index (χ2n) is 2.13. The van der Waals surface area contributed by atoms with Crippen molar-refractivity contribution in [1.29, 1.82) is 0 Å². The van der Waals surface area contributed by atoms with Crippen molar-refractivity contribution in [2.45, 2.75) is 0 Å². The topological polar surface area (TPSA) is 42.3 Å². The van der Waals surface area contributed by atoms with E-state index in [9.17, 15) is 4.79 Å². The fourth-order valence-electron chi connectivity index (χ4n) is 0.963. The minimum atomic E-state index is 0.556. The minimum Gasteiger partial charge on any atom is -0.231 e. The predicted octanol–water partition coefficient (Wildman–Crippen LogP) is 2.06. The molecule has 1 heterocycles. The third kappa shape index (κ3) is 1.03. The molecule has 0 aliphatic carbocycles. The second kappa shape index (κ2) is 2.85. The third-order valence-corrected chi connectivity index (χ3v) is 2.19. The van der Waals surface area contributed by atoms with E-state index in [0.717, 1.165) is 4.70 Å². The smallest absolute Gasteiger partial charge is 0.231 e. The van der Waals surface area contributed by atoms with E-state index < -0.39 is 0 Å². The monoisotopic (exact) mass is 175 g/mol. The number of aromatic nitrogens is 1. The standard InChI is InChI=1S/C8H3N2OS/c11-4-9-6-2-1-3-7-8(6)10-5-12-7/h1-3H. The first-order valence-corrected chi connectivity index (χ1v) is 4.07. The Morgan fingerprint density at radius 1 is 1.58 bits per heavy atom. The van der Waals surface area contributed by atoms with Gasteiger partial charge in [0.25, 0.3) is 0 Å². The summed E-state index contributed by atoms with van der Waals surface area (Å²) in [5.41, 5.74) is 4.01. The Labute approximate surface area is 72.4 Å². The zero-order valence-corrected chi connectivity index (χ0v) is 6.76. The fraction of sp³-hybridized carbons (Fsp3) is 0. The van der Waals surface area contributed by atoms with Gasteiger partial charge < -0.3 is 0 Å². The number of isocyanates is 1. The van der Waals surface area contributed by atoms with Crippen molar-refractivity contribution in [2.75, 3.05) is 0 Å². The molecule has 0 atom stereocenters. The average molecular weight is 175 g/mol. The molecule has 1 aromatic carbocycles. The number of hydrogen-bond acceptors (Lipinski definition) is 4. The molecule has 12 heavy (non-hydrogen) atoms. The highest BCUT2D eigenvalue weighted by molar-refractivity contribution is 7.16. The maximum Gasteiger partial charge on any atom is 0.240 e. The van der Waals surface area contributed by atoms with Crippen molar-refractivity contribution in [3.63, 3.8) is 0 Å². The van der Waals surface area contributed by atoms with Gasteiger partial charge in [-0.15, -0.1) is 11.3 Å². The predicted molar refractivity (Wildman–Crippen MR) is 46.2 cm³/mol. The van der Waals surface area contributed by atoms with Crippen LogP contribution in [0, 0.1) is 5.51 Å². The molecule has 0 aliphatic heterocycles. The van der Waals surface area contributed by atoms with E-state index in [0.29, 0.717) is 11.2 Å². The number of nitrogens with zero attached hydrogens (tertiary/aromatic N) is 2. The van der Waals surface area contributed by atoms with E-state index in [-0.39, 0.29) is 0 Å². The lowest BCUT2D eigenvalue weighted by atomic mass is 10.3. The highest BCUT2D eigenvalue weighted by Crippen LogP contribution is 2.26. The Hall–Kier alpha value is -1.51. The van der Waals surface area contributed by atoms with Gasteiger partial charge in [0.1, 0.15) is 11.2 Å². The number of thiazole rings is 1. The molecule has 0 amide bonds. The Balaban J connectivity index is 2.81. The van der Waals surface area contributed by atoms with Crippen LogP contribution in [0.1, 0.15) is 0 Å². The van der Waals surface area contributed by atoms with Crippen LogP contribution in [0.4, 0.5) is 5.69 Å². The molecule has 57 valence electrons. The molecule has 0 N–H and O–H groups in total. The highest BCUT2D eigenvalue weighted by atomic mass is 32.1. The highest BCUT2D eigenvalue weighted by Gasteiger charge is 2.00. The number of hydrogen-bond donors (Lipinski definition) is 0. The first-order valence-electron chi connectivity index (χ1n) is 3.25. The summed E-state index contributed by atoms with van der Waals surface area (Å²) in [6, 6.07) is 5.46. The van der Waals surface area contributed by atoms with Gasteiger partial charge in [0, 0.05) is 0 Å². The quantitative estimate of drug-likeness (QED) is 0.491. The van der Waals surface area contributed by atoms with Crippen LogP contribution in [0.25, 0.3) is 10.2 Å². The maximum absolute atomic E-state index is 10.0. The lowest BCUT2D eigenvalue weighted by molar-refractivity contribution is 0.565. The van der Waals surface area contributed by atoms with E-state index in [4.69, 9.17) is 0 Å². The van der Waals surface area contributed by atoms with Crippen LogP contribution in [0.15, 0.2) is 23.2 Å². The first kappa shape index (κ1) is 7.16. The van der Waals surface area contributed by atoms with Crippen molar-refractivity contribution >= 4 is 33.3 Å². The van der Waals surface area contributed by atoms with Crippen molar-refractivity contribution in [2.24, 2.45) is 4.99 Å². The summed E-state index contributed by atoms with van der Waals surface area (Å²) in [5.74, 6) is 0. The Bertz CT molecular complexity index is 457. The number of carbonyl (C=O) groups excluding carboxylic acids is 1. The molecule has 0 saturated heterocycles. The van der Waals surface area contributed by atoms with Gasteiger partial charge in [-0.25, -0.2) is 9.78 Å². The SMILES string of the molecule is O=C=Nc1cccc2s[c]nc12. The lowest BCUT2D eigenvalue weighted by Gasteiger charge is -1.89.